The van der Waals surface area contributed by atoms with Crippen LogP contribution in [0.15, 0.2) is 24.3 Å². The first-order valence-electron chi connectivity index (χ1n) is 7.75. The Bertz CT molecular complexity index is 626. The summed E-state index contributed by atoms with van der Waals surface area (Å²) in [7, 11) is 0. The molecule has 3 rings (SSSR count). The lowest BCUT2D eigenvalue weighted by Gasteiger charge is -2.16. The quantitative estimate of drug-likeness (QED) is 0.892. The second-order valence-electron chi connectivity index (χ2n) is 5.98. The van der Waals surface area contributed by atoms with Gasteiger partial charge in [-0.25, -0.2) is 0 Å². The smallest absolute Gasteiger partial charge is 0.405 e. The number of benzene rings is 1. The maximum absolute atomic E-state index is 12.2. The van der Waals surface area contributed by atoms with E-state index in [-0.39, 0.29) is 11.5 Å². The summed E-state index contributed by atoms with van der Waals surface area (Å²) in [4.78, 5) is 25.6. The maximum atomic E-state index is 12.2. The van der Waals surface area contributed by atoms with Crippen LogP contribution in [0.4, 0.5) is 13.2 Å². The molecule has 0 bridgehead atoms. The zero-order valence-corrected chi connectivity index (χ0v) is 12.8. The molecule has 0 radical (unpaired) electrons. The lowest BCUT2D eigenvalue weighted by Crippen LogP contribution is -2.34. The molecule has 8 heteroatoms. The van der Waals surface area contributed by atoms with E-state index < -0.39 is 24.7 Å². The molecule has 1 N–H and O–H groups in total. The van der Waals surface area contributed by atoms with Crippen molar-refractivity contribution >= 4 is 11.8 Å². The van der Waals surface area contributed by atoms with Crippen molar-refractivity contribution in [1.29, 1.82) is 0 Å². The van der Waals surface area contributed by atoms with Gasteiger partial charge in [-0.2, -0.15) is 13.2 Å². The minimum absolute atomic E-state index is 0.0236. The Kier molecular flexibility index (Phi) is 4.38. The number of hydrogen-bond donors (Lipinski definition) is 1. The minimum atomic E-state index is -4.45. The van der Waals surface area contributed by atoms with Crippen molar-refractivity contribution < 1.29 is 27.5 Å². The largest absolute Gasteiger partial charge is 0.481 e. The Morgan fingerprint density at radius 1 is 1.21 bits per heavy atom. The van der Waals surface area contributed by atoms with Gasteiger partial charge in [0.25, 0.3) is 11.8 Å². The van der Waals surface area contributed by atoms with Gasteiger partial charge < -0.3 is 15.0 Å². The van der Waals surface area contributed by atoms with E-state index in [1.807, 2.05) is 4.90 Å². The molecule has 130 valence electrons. The summed E-state index contributed by atoms with van der Waals surface area (Å²) >= 11 is 0. The zero-order valence-electron chi connectivity index (χ0n) is 12.8. The zero-order chi connectivity index (χ0) is 17.3. The van der Waals surface area contributed by atoms with E-state index in [2.05, 4.69) is 0 Å². The van der Waals surface area contributed by atoms with E-state index in [9.17, 15) is 22.8 Å². The summed E-state index contributed by atoms with van der Waals surface area (Å²) in [6.45, 7) is -0.691. The molecule has 1 aliphatic carbocycles. The number of likely N-dealkylation sites (tertiary alicyclic amines) is 1. The lowest BCUT2D eigenvalue weighted by molar-refractivity contribution is -0.133. The summed E-state index contributed by atoms with van der Waals surface area (Å²) in [6, 6.07) is 6.06. The lowest BCUT2D eigenvalue weighted by atomic mass is 10.2. The number of nitrogens with zero attached hydrogens (tertiary/aromatic N) is 1. The Labute approximate surface area is 136 Å². The highest BCUT2D eigenvalue weighted by molar-refractivity contribution is 5.94. The molecule has 2 aliphatic rings. The minimum Gasteiger partial charge on any atom is -0.481 e. The first kappa shape index (κ1) is 16.6. The van der Waals surface area contributed by atoms with Gasteiger partial charge in [0, 0.05) is 24.6 Å². The summed E-state index contributed by atoms with van der Waals surface area (Å²) in [6.07, 6.45) is -2.28. The summed E-state index contributed by atoms with van der Waals surface area (Å²) in [5.74, 6) is -0.418. The molecule has 1 heterocycles. The number of halogens is 3. The van der Waals surface area contributed by atoms with Gasteiger partial charge in [0.2, 0.25) is 0 Å². The molecule has 0 aromatic heterocycles. The second kappa shape index (κ2) is 6.33. The molecule has 2 amide bonds. The van der Waals surface area contributed by atoms with Crippen molar-refractivity contribution in [3.8, 4) is 5.75 Å². The third-order valence-electron chi connectivity index (χ3n) is 4.02. The molecule has 1 aromatic rings. The molecule has 0 unspecified atom stereocenters. The van der Waals surface area contributed by atoms with Crippen LogP contribution >= 0.6 is 0 Å². The van der Waals surface area contributed by atoms with E-state index in [0.29, 0.717) is 24.8 Å². The van der Waals surface area contributed by atoms with Crippen molar-refractivity contribution in [1.82, 2.24) is 10.2 Å². The molecule has 2 fully saturated rings. The molecule has 5 nitrogen and oxygen atoms in total. The molecule has 1 atom stereocenters. The van der Waals surface area contributed by atoms with Crippen molar-refractivity contribution in [2.75, 3.05) is 13.1 Å². The summed E-state index contributed by atoms with van der Waals surface area (Å²) in [5.41, 5.74) is 0.101. The van der Waals surface area contributed by atoms with E-state index in [1.165, 1.54) is 24.3 Å². The second-order valence-corrected chi connectivity index (χ2v) is 5.98. The van der Waals surface area contributed by atoms with Crippen LogP contribution < -0.4 is 10.1 Å². The van der Waals surface area contributed by atoms with E-state index in [1.54, 1.807) is 5.32 Å². The SMILES string of the molecule is O=C(NCC(F)(F)F)c1ccc(O[C@H]2CCN(C3CC3)C2=O)cc1. The summed E-state index contributed by atoms with van der Waals surface area (Å²) in [5, 5.41) is 1.80. The van der Waals surface area contributed by atoms with Crippen molar-refractivity contribution in [2.45, 2.75) is 37.6 Å². The topological polar surface area (TPSA) is 58.6 Å². The molecule has 0 spiro atoms. The molecular weight excluding hydrogens is 325 g/mol. The van der Waals surface area contributed by atoms with Gasteiger partial charge in [0.15, 0.2) is 6.10 Å². The Morgan fingerprint density at radius 2 is 1.88 bits per heavy atom. The number of rotatable bonds is 5. The Balaban J connectivity index is 1.55. The maximum Gasteiger partial charge on any atom is 0.405 e. The first-order valence-corrected chi connectivity index (χ1v) is 7.75. The monoisotopic (exact) mass is 342 g/mol. The van der Waals surface area contributed by atoms with Crippen LogP contribution in [0, 0.1) is 0 Å². The van der Waals surface area contributed by atoms with Gasteiger partial charge in [-0.1, -0.05) is 0 Å². The van der Waals surface area contributed by atoms with Crippen LogP contribution in [0.5, 0.6) is 5.75 Å². The fraction of sp³-hybridized carbons (Fsp3) is 0.500. The molecule has 1 saturated carbocycles. The highest BCUT2D eigenvalue weighted by atomic mass is 19.4. The van der Waals surface area contributed by atoms with Crippen molar-refractivity contribution in [3.05, 3.63) is 29.8 Å². The van der Waals surface area contributed by atoms with Crippen LogP contribution in [-0.4, -0.2) is 48.1 Å². The fourth-order valence-electron chi connectivity index (χ4n) is 2.66. The highest BCUT2D eigenvalue weighted by Gasteiger charge is 2.41. The molecule has 24 heavy (non-hydrogen) atoms. The number of carbonyl (C=O) groups excluding carboxylic acids is 2. The third kappa shape index (κ3) is 3.98. The van der Waals surface area contributed by atoms with Crippen LogP contribution in [0.2, 0.25) is 0 Å². The predicted octanol–water partition coefficient (Wildman–Crippen LogP) is 2.12. The van der Waals surface area contributed by atoms with Crippen molar-refractivity contribution in [2.24, 2.45) is 0 Å². The van der Waals surface area contributed by atoms with Crippen LogP contribution in [0.3, 0.4) is 0 Å². The number of hydrogen-bond acceptors (Lipinski definition) is 3. The number of carbonyl (C=O) groups is 2. The molecular formula is C16H17F3N2O3. The van der Waals surface area contributed by atoms with Gasteiger partial charge in [-0.3, -0.25) is 9.59 Å². The van der Waals surface area contributed by atoms with Crippen LogP contribution in [0.1, 0.15) is 29.6 Å². The third-order valence-corrected chi connectivity index (χ3v) is 4.02. The predicted molar refractivity (Wildman–Crippen MR) is 78.6 cm³/mol. The number of alkyl halides is 3. The van der Waals surface area contributed by atoms with Gasteiger partial charge in [0.05, 0.1) is 0 Å². The van der Waals surface area contributed by atoms with E-state index in [0.717, 1.165) is 12.8 Å². The van der Waals surface area contributed by atoms with Gasteiger partial charge in [0.1, 0.15) is 12.3 Å². The van der Waals surface area contributed by atoms with Crippen LogP contribution in [0.25, 0.3) is 0 Å². The first-order chi connectivity index (χ1) is 11.3. The normalized spacial score (nSPS) is 21.0. The number of ether oxygens (including phenoxy) is 1. The molecule has 1 saturated heterocycles. The highest BCUT2D eigenvalue weighted by Crippen LogP contribution is 2.31. The van der Waals surface area contributed by atoms with Gasteiger partial charge in [-0.05, 0) is 37.1 Å². The fourth-order valence-corrected chi connectivity index (χ4v) is 2.66. The van der Waals surface area contributed by atoms with Gasteiger partial charge >= 0.3 is 6.18 Å². The number of nitrogens with one attached hydrogen (secondary N) is 1. The standard InChI is InChI=1S/C16H17F3N2O3/c17-16(18,19)9-20-14(22)10-1-5-12(6-2-10)24-13-7-8-21(15(13)23)11-3-4-11/h1-2,5-6,11,13H,3-4,7-9H2,(H,20,22)/t13-/m0/s1. The van der Waals surface area contributed by atoms with Gasteiger partial charge in [-0.15, -0.1) is 0 Å². The average Bonchev–Trinajstić information content (AvgIpc) is 3.31. The summed E-state index contributed by atoms with van der Waals surface area (Å²) < 4.78 is 41.9. The average molecular weight is 342 g/mol. The van der Waals surface area contributed by atoms with Crippen LogP contribution in [-0.2, 0) is 4.79 Å². The van der Waals surface area contributed by atoms with E-state index in [4.69, 9.17) is 4.74 Å². The van der Waals surface area contributed by atoms with Crippen molar-refractivity contribution in [3.63, 3.8) is 0 Å². The Morgan fingerprint density at radius 3 is 2.46 bits per heavy atom. The Hall–Kier alpha value is -2.25. The van der Waals surface area contributed by atoms with E-state index >= 15 is 0 Å². The molecule has 1 aliphatic heterocycles. The molecule has 1 aromatic carbocycles. The number of amides is 2.